The van der Waals surface area contributed by atoms with Crippen molar-refractivity contribution in [1.82, 2.24) is 9.99 Å². The predicted molar refractivity (Wildman–Crippen MR) is 135 cm³/mol. The van der Waals surface area contributed by atoms with Crippen LogP contribution in [0.4, 0.5) is 4.39 Å². The van der Waals surface area contributed by atoms with Gasteiger partial charge in [0.2, 0.25) is 5.67 Å². The molecule has 0 amide bonds. The number of allylic oxidation sites excluding steroid dienone is 1. The topological polar surface area (TPSA) is 104 Å². The first-order chi connectivity index (χ1) is 16.8. The highest BCUT2D eigenvalue weighted by Gasteiger charge is 2.74. The SMILES string of the molecule is NC1=C(Br)C(C2CCC3(CC2)CC3(F)C(=O)O)=NC2C(c3ccc(-c4ccccc4)nc3)C=NN12. The summed E-state index contributed by atoms with van der Waals surface area (Å²) in [7, 11) is 0. The molecule has 35 heavy (non-hydrogen) atoms. The van der Waals surface area contributed by atoms with E-state index in [4.69, 9.17) is 10.7 Å². The molecule has 7 nitrogen and oxygen atoms in total. The van der Waals surface area contributed by atoms with Crippen LogP contribution in [0.2, 0.25) is 0 Å². The number of hydrazone groups is 1. The number of nitrogens with two attached hydrogens (primary N) is 1. The van der Waals surface area contributed by atoms with E-state index in [1.54, 1.807) is 5.01 Å². The smallest absolute Gasteiger partial charge is 0.342 e. The van der Waals surface area contributed by atoms with Crippen molar-refractivity contribution in [3.8, 4) is 11.3 Å². The Kier molecular flexibility index (Phi) is 5.11. The van der Waals surface area contributed by atoms with E-state index in [0.717, 1.165) is 22.5 Å². The van der Waals surface area contributed by atoms with Gasteiger partial charge in [-0.25, -0.2) is 14.2 Å². The number of carbonyl (C=O) groups is 1. The van der Waals surface area contributed by atoms with Crippen LogP contribution in [0.1, 0.15) is 43.6 Å². The Morgan fingerprint density at radius 2 is 1.91 bits per heavy atom. The van der Waals surface area contributed by atoms with E-state index in [1.807, 2.05) is 48.8 Å². The Morgan fingerprint density at radius 3 is 2.54 bits per heavy atom. The van der Waals surface area contributed by atoms with E-state index in [2.05, 4.69) is 32.1 Å². The first kappa shape index (κ1) is 22.4. The Balaban J connectivity index is 1.23. The van der Waals surface area contributed by atoms with Gasteiger partial charge in [0.25, 0.3) is 0 Å². The van der Waals surface area contributed by atoms with Crippen molar-refractivity contribution in [2.24, 2.45) is 27.2 Å². The molecule has 3 N–H and O–H groups in total. The van der Waals surface area contributed by atoms with E-state index in [1.165, 1.54) is 0 Å². The third-order valence-electron chi connectivity index (χ3n) is 8.10. The van der Waals surface area contributed by atoms with Gasteiger partial charge in [0.05, 0.1) is 21.8 Å². The predicted octanol–water partition coefficient (Wildman–Crippen LogP) is 4.81. The van der Waals surface area contributed by atoms with Crippen LogP contribution in [0.15, 0.2) is 69.1 Å². The van der Waals surface area contributed by atoms with E-state index in [0.29, 0.717) is 36.0 Å². The molecule has 3 atom stereocenters. The molecule has 2 saturated carbocycles. The Morgan fingerprint density at radius 1 is 1.17 bits per heavy atom. The maximum atomic E-state index is 14.7. The number of nitrogens with zero attached hydrogens (tertiary/aromatic N) is 4. The van der Waals surface area contributed by atoms with Crippen LogP contribution in [0.25, 0.3) is 11.3 Å². The lowest BCUT2D eigenvalue weighted by Crippen LogP contribution is -2.40. The molecule has 2 aliphatic carbocycles. The van der Waals surface area contributed by atoms with Gasteiger partial charge in [0.15, 0.2) is 6.17 Å². The Hall–Kier alpha value is -3.07. The number of fused-ring (bicyclic) bond motifs is 1. The highest BCUT2D eigenvalue weighted by molar-refractivity contribution is 9.12. The highest BCUT2D eigenvalue weighted by atomic mass is 79.9. The normalized spacial score (nSPS) is 33.6. The summed E-state index contributed by atoms with van der Waals surface area (Å²) in [6, 6.07) is 14.1. The molecular weight excluding hydrogens is 513 g/mol. The number of halogens is 2. The monoisotopic (exact) mass is 537 g/mol. The maximum Gasteiger partial charge on any atom is 0.342 e. The second-order valence-electron chi connectivity index (χ2n) is 9.94. The molecule has 180 valence electrons. The fourth-order valence-corrected chi connectivity index (χ4v) is 6.49. The standard InChI is InChI=1S/C26H25BrFN5O2/c27-20-21(16-8-10-25(11-9-16)14-26(25,28)24(34)35)32-23-18(13-31-33(23)22(20)29)17-6-7-19(30-12-17)15-4-2-1-3-5-15/h1-7,12-13,16,18,23H,8-11,14,29H2,(H,34,35). The number of aliphatic carboxylic acids is 1. The fourth-order valence-electron chi connectivity index (χ4n) is 5.88. The van der Waals surface area contributed by atoms with Crippen LogP contribution in [0.5, 0.6) is 0 Å². The lowest BCUT2D eigenvalue weighted by Gasteiger charge is -2.35. The van der Waals surface area contributed by atoms with Gasteiger partial charge in [-0.15, -0.1) is 0 Å². The molecule has 9 heteroatoms. The number of hydrogen-bond donors (Lipinski definition) is 2. The van der Waals surface area contributed by atoms with Gasteiger partial charge in [0, 0.05) is 35.7 Å². The summed E-state index contributed by atoms with van der Waals surface area (Å²) >= 11 is 3.62. The lowest BCUT2D eigenvalue weighted by molar-refractivity contribution is -0.146. The van der Waals surface area contributed by atoms with Gasteiger partial charge >= 0.3 is 5.97 Å². The molecule has 2 aliphatic heterocycles. The fraction of sp³-hybridized carbons (Fsp3) is 0.385. The lowest BCUT2D eigenvalue weighted by atomic mass is 9.75. The van der Waals surface area contributed by atoms with Crippen molar-refractivity contribution in [1.29, 1.82) is 0 Å². The molecule has 4 aliphatic rings. The number of carboxylic acids is 1. The summed E-state index contributed by atoms with van der Waals surface area (Å²) in [5.41, 5.74) is 7.49. The molecule has 1 aromatic heterocycles. The van der Waals surface area contributed by atoms with Gasteiger partial charge in [0.1, 0.15) is 5.82 Å². The average molecular weight is 538 g/mol. The molecule has 0 bridgehead atoms. The zero-order chi connectivity index (χ0) is 24.4. The second kappa shape index (κ2) is 7.98. The van der Waals surface area contributed by atoms with Crippen molar-refractivity contribution in [3.63, 3.8) is 0 Å². The Bertz CT molecular complexity index is 1270. The van der Waals surface area contributed by atoms with Crippen molar-refractivity contribution in [3.05, 3.63) is 64.5 Å². The quantitative estimate of drug-likeness (QED) is 0.582. The number of alkyl halides is 1. The van der Waals surface area contributed by atoms with Gasteiger partial charge in [-0.1, -0.05) is 36.4 Å². The minimum Gasteiger partial charge on any atom is -0.479 e. The molecular formula is C26H25BrFN5O2. The van der Waals surface area contributed by atoms with Crippen molar-refractivity contribution in [2.75, 3.05) is 0 Å². The molecule has 1 aromatic carbocycles. The number of benzene rings is 1. The summed E-state index contributed by atoms with van der Waals surface area (Å²) < 4.78 is 15.4. The first-order valence-electron chi connectivity index (χ1n) is 11.8. The van der Waals surface area contributed by atoms with Gasteiger partial charge in [-0.2, -0.15) is 5.10 Å². The zero-order valence-corrected chi connectivity index (χ0v) is 20.5. The van der Waals surface area contributed by atoms with E-state index < -0.39 is 17.1 Å². The molecule has 1 spiro atoms. The third kappa shape index (κ3) is 3.43. The van der Waals surface area contributed by atoms with E-state index in [-0.39, 0.29) is 24.4 Å². The summed E-state index contributed by atoms with van der Waals surface area (Å²) in [4.78, 5) is 21.1. The summed E-state index contributed by atoms with van der Waals surface area (Å²) in [5, 5.41) is 15.5. The summed E-state index contributed by atoms with van der Waals surface area (Å²) in [5.74, 6) is -0.839. The number of pyridine rings is 1. The van der Waals surface area contributed by atoms with Crippen LogP contribution >= 0.6 is 15.9 Å². The van der Waals surface area contributed by atoms with Crippen LogP contribution in [0.3, 0.4) is 0 Å². The molecule has 0 saturated heterocycles. The van der Waals surface area contributed by atoms with Crippen molar-refractivity contribution < 1.29 is 14.3 Å². The number of aliphatic imine (C=N–C) groups is 1. The van der Waals surface area contributed by atoms with Crippen LogP contribution in [0, 0.1) is 11.3 Å². The number of hydrogen-bond acceptors (Lipinski definition) is 6. The molecule has 0 radical (unpaired) electrons. The molecule has 2 aromatic rings. The largest absolute Gasteiger partial charge is 0.479 e. The van der Waals surface area contributed by atoms with Crippen LogP contribution < -0.4 is 5.73 Å². The zero-order valence-electron chi connectivity index (χ0n) is 18.9. The van der Waals surface area contributed by atoms with E-state index >= 15 is 0 Å². The van der Waals surface area contributed by atoms with Gasteiger partial charge in [-0.05, 0) is 53.2 Å². The maximum absolute atomic E-state index is 14.7. The van der Waals surface area contributed by atoms with Crippen LogP contribution in [-0.2, 0) is 4.79 Å². The molecule has 3 heterocycles. The minimum atomic E-state index is -2.07. The molecule has 6 rings (SSSR count). The van der Waals surface area contributed by atoms with Crippen LogP contribution in [-0.4, -0.2) is 44.8 Å². The molecule has 3 unspecified atom stereocenters. The Labute approximate surface area is 210 Å². The van der Waals surface area contributed by atoms with Gasteiger partial charge < -0.3 is 10.8 Å². The van der Waals surface area contributed by atoms with Crippen molar-refractivity contribution in [2.45, 2.75) is 49.9 Å². The first-order valence-corrected chi connectivity index (χ1v) is 12.6. The van der Waals surface area contributed by atoms with Crippen molar-refractivity contribution >= 4 is 33.8 Å². The summed E-state index contributed by atoms with van der Waals surface area (Å²) in [6.07, 6.45) is 5.98. The number of rotatable bonds is 4. The number of carboxylic acid groups (broad SMARTS) is 1. The highest BCUT2D eigenvalue weighted by Crippen LogP contribution is 2.67. The second-order valence-corrected chi connectivity index (χ2v) is 10.7. The minimum absolute atomic E-state index is 0.0918. The molecule has 2 fully saturated rings. The van der Waals surface area contributed by atoms with Gasteiger partial charge in [-0.3, -0.25) is 9.98 Å². The average Bonchev–Trinajstić information content (AvgIpc) is 3.24. The third-order valence-corrected chi connectivity index (χ3v) is 8.91. The van der Waals surface area contributed by atoms with E-state index in [9.17, 15) is 14.3 Å². The summed E-state index contributed by atoms with van der Waals surface area (Å²) in [6.45, 7) is 0. The number of aromatic nitrogens is 1.